The van der Waals surface area contributed by atoms with E-state index in [1.54, 1.807) is 6.20 Å². The van der Waals surface area contributed by atoms with Gasteiger partial charge in [-0.1, -0.05) is 13.8 Å². The predicted molar refractivity (Wildman–Crippen MR) is 103 cm³/mol. The molecule has 0 N–H and O–H groups in total. The van der Waals surface area contributed by atoms with E-state index in [-0.39, 0.29) is 21.3 Å². The third-order valence-corrected chi connectivity index (χ3v) is 5.08. The molecule has 2 aromatic heterocycles. The Bertz CT molecular complexity index is 1040. The fraction of sp³-hybridized carbons (Fsp3) is 0.316. The van der Waals surface area contributed by atoms with E-state index in [0.717, 1.165) is 47.8 Å². The Morgan fingerprint density at radius 3 is 2.73 bits per heavy atom. The maximum absolute atomic E-state index is 13.8. The van der Waals surface area contributed by atoms with Crippen LogP contribution in [0.5, 0.6) is 0 Å². The van der Waals surface area contributed by atoms with Crippen LogP contribution in [0.1, 0.15) is 42.7 Å². The Labute approximate surface area is 158 Å². The van der Waals surface area contributed by atoms with Crippen molar-refractivity contribution in [2.45, 2.75) is 39.7 Å². The topological polar surface area (TPSA) is 56.9 Å². The Kier molecular flexibility index (Phi) is 5.36. The first kappa shape index (κ1) is 18.5. The molecule has 1 aliphatic heterocycles. The van der Waals surface area contributed by atoms with Crippen LogP contribution in [0.4, 0.5) is 4.39 Å². The molecule has 0 unspecified atom stereocenters. The quantitative estimate of drug-likeness (QED) is 0.582. The number of carbonyl (C=O) groups is 1. The average Bonchev–Trinajstić information content (AvgIpc) is 3.03. The van der Waals surface area contributed by atoms with Crippen LogP contribution in [0.3, 0.4) is 0 Å². The molecule has 0 saturated heterocycles. The van der Waals surface area contributed by atoms with Crippen molar-refractivity contribution in [1.82, 2.24) is 14.3 Å². The van der Waals surface area contributed by atoms with Crippen LogP contribution in [0.2, 0.25) is 0 Å². The standard InChI is InChI=1S/C17H13BrFN3O2.C2H6/c18-14-5-10(19)6-15(13(14)9-23)22-17(24)12-7-11-3-1-2-4-21(11)16(12)8-20-22;1-2/h5-9H,1-4H2;1-2H3. The van der Waals surface area contributed by atoms with E-state index in [4.69, 9.17) is 0 Å². The number of hydrogen-bond acceptors (Lipinski definition) is 3. The van der Waals surface area contributed by atoms with Crippen LogP contribution < -0.4 is 5.56 Å². The number of rotatable bonds is 2. The summed E-state index contributed by atoms with van der Waals surface area (Å²) in [5.41, 5.74) is 1.87. The molecule has 4 rings (SSSR count). The minimum absolute atomic E-state index is 0.132. The summed E-state index contributed by atoms with van der Waals surface area (Å²) in [6.45, 7) is 4.87. The molecule has 0 atom stereocenters. The molecule has 136 valence electrons. The van der Waals surface area contributed by atoms with Crippen LogP contribution in [0.15, 0.2) is 33.7 Å². The van der Waals surface area contributed by atoms with Gasteiger partial charge in [0.1, 0.15) is 5.82 Å². The van der Waals surface area contributed by atoms with Gasteiger partial charge in [0.2, 0.25) is 0 Å². The fourth-order valence-corrected chi connectivity index (χ4v) is 3.81. The van der Waals surface area contributed by atoms with E-state index >= 15 is 0 Å². The van der Waals surface area contributed by atoms with Crippen LogP contribution in [0, 0.1) is 5.82 Å². The van der Waals surface area contributed by atoms with Crippen molar-refractivity contribution in [1.29, 1.82) is 0 Å². The Morgan fingerprint density at radius 2 is 2.00 bits per heavy atom. The largest absolute Gasteiger partial charge is 0.343 e. The maximum atomic E-state index is 13.8. The molecular weight excluding hydrogens is 401 g/mol. The zero-order valence-corrected chi connectivity index (χ0v) is 16.2. The van der Waals surface area contributed by atoms with Gasteiger partial charge in [-0.3, -0.25) is 9.59 Å². The van der Waals surface area contributed by atoms with Gasteiger partial charge < -0.3 is 4.57 Å². The molecule has 1 aromatic carbocycles. The van der Waals surface area contributed by atoms with Gasteiger partial charge in [-0.2, -0.15) is 9.78 Å². The highest BCUT2D eigenvalue weighted by atomic mass is 79.9. The highest BCUT2D eigenvalue weighted by Gasteiger charge is 2.19. The van der Waals surface area contributed by atoms with E-state index in [0.29, 0.717) is 11.7 Å². The summed E-state index contributed by atoms with van der Waals surface area (Å²) < 4.78 is 17.3. The van der Waals surface area contributed by atoms with Crippen molar-refractivity contribution in [3.05, 3.63) is 56.3 Å². The summed E-state index contributed by atoms with van der Waals surface area (Å²) in [4.78, 5) is 24.2. The number of nitrogens with zero attached hydrogens (tertiary/aromatic N) is 3. The Morgan fingerprint density at radius 1 is 1.23 bits per heavy atom. The van der Waals surface area contributed by atoms with E-state index in [1.165, 1.54) is 6.07 Å². The third kappa shape index (κ3) is 3.00. The van der Waals surface area contributed by atoms with Gasteiger partial charge in [-0.05, 0) is 47.3 Å². The summed E-state index contributed by atoms with van der Waals surface area (Å²) in [5.74, 6) is -0.549. The van der Waals surface area contributed by atoms with Crippen molar-refractivity contribution in [2.75, 3.05) is 0 Å². The van der Waals surface area contributed by atoms with Crippen molar-refractivity contribution in [3.63, 3.8) is 0 Å². The monoisotopic (exact) mass is 419 g/mol. The summed E-state index contributed by atoms with van der Waals surface area (Å²) in [5, 5.41) is 4.73. The highest BCUT2D eigenvalue weighted by molar-refractivity contribution is 9.10. The first-order valence-corrected chi connectivity index (χ1v) is 9.44. The molecule has 5 nitrogen and oxygen atoms in total. The van der Waals surface area contributed by atoms with Crippen LogP contribution in [0.25, 0.3) is 16.6 Å². The Balaban J connectivity index is 0.000000948. The molecule has 26 heavy (non-hydrogen) atoms. The summed E-state index contributed by atoms with van der Waals surface area (Å²) in [7, 11) is 0. The second-order valence-electron chi connectivity index (χ2n) is 5.84. The van der Waals surface area contributed by atoms with E-state index in [9.17, 15) is 14.0 Å². The normalized spacial score (nSPS) is 13.1. The second kappa shape index (κ2) is 7.53. The van der Waals surface area contributed by atoms with Gasteiger partial charge in [-0.15, -0.1) is 0 Å². The predicted octanol–water partition coefficient (Wildman–Crippen LogP) is 4.26. The van der Waals surface area contributed by atoms with Crippen LogP contribution in [-0.4, -0.2) is 20.6 Å². The molecule has 7 heteroatoms. The summed E-state index contributed by atoms with van der Waals surface area (Å²) in [6, 6.07) is 4.21. The number of halogens is 2. The Hall–Kier alpha value is -2.28. The van der Waals surface area contributed by atoms with Crippen LogP contribution in [-0.2, 0) is 13.0 Å². The average molecular weight is 420 g/mol. The lowest BCUT2D eigenvalue weighted by molar-refractivity contribution is 0.112. The minimum atomic E-state index is -0.549. The first-order valence-electron chi connectivity index (χ1n) is 8.65. The lowest BCUT2D eigenvalue weighted by atomic mass is 10.1. The molecule has 0 saturated carbocycles. The number of aryl methyl sites for hydroxylation is 2. The smallest absolute Gasteiger partial charge is 0.280 e. The van der Waals surface area contributed by atoms with E-state index in [2.05, 4.69) is 25.6 Å². The van der Waals surface area contributed by atoms with Crippen molar-refractivity contribution in [2.24, 2.45) is 0 Å². The molecule has 0 amide bonds. The third-order valence-electron chi connectivity index (χ3n) is 4.43. The lowest BCUT2D eigenvalue weighted by Gasteiger charge is -2.15. The van der Waals surface area contributed by atoms with Gasteiger partial charge in [0.15, 0.2) is 6.29 Å². The summed E-state index contributed by atoms with van der Waals surface area (Å²) in [6.07, 6.45) is 5.30. The molecule has 1 aliphatic rings. The number of benzene rings is 1. The highest BCUT2D eigenvalue weighted by Crippen LogP contribution is 2.25. The zero-order chi connectivity index (χ0) is 18.8. The molecule has 3 heterocycles. The van der Waals surface area contributed by atoms with E-state index in [1.807, 2.05) is 19.9 Å². The summed E-state index contributed by atoms with van der Waals surface area (Å²) >= 11 is 3.16. The number of aromatic nitrogens is 3. The SMILES string of the molecule is CC.O=Cc1c(Br)cc(F)cc1-n1ncc2c(cc3n2CCCC3)c1=O. The van der Waals surface area contributed by atoms with Crippen molar-refractivity contribution in [3.8, 4) is 5.69 Å². The van der Waals surface area contributed by atoms with Crippen molar-refractivity contribution < 1.29 is 9.18 Å². The number of fused-ring (bicyclic) bond motifs is 3. The van der Waals surface area contributed by atoms with Gasteiger partial charge in [0, 0.05) is 22.8 Å². The van der Waals surface area contributed by atoms with Gasteiger partial charge in [-0.25, -0.2) is 4.39 Å². The van der Waals surface area contributed by atoms with Crippen molar-refractivity contribution >= 4 is 33.1 Å². The second-order valence-corrected chi connectivity index (χ2v) is 6.70. The molecule has 0 radical (unpaired) electrons. The maximum Gasteiger partial charge on any atom is 0.280 e. The minimum Gasteiger partial charge on any atom is -0.343 e. The first-order chi connectivity index (χ1) is 12.6. The van der Waals surface area contributed by atoms with Gasteiger partial charge >= 0.3 is 0 Å². The molecule has 0 bridgehead atoms. The van der Waals surface area contributed by atoms with E-state index < -0.39 is 5.82 Å². The molecule has 0 fully saturated rings. The molecule has 0 spiro atoms. The van der Waals surface area contributed by atoms with Gasteiger partial charge in [0.05, 0.1) is 28.4 Å². The zero-order valence-electron chi connectivity index (χ0n) is 14.6. The molecule has 3 aromatic rings. The number of aldehydes is 1. The molecule has 0 aliphatic carbocycles. The molecular formula is C19H19BrFN3O2. The number of hydrogen-bond donors (Lipinski definition) is 0. The van der Waals surface area contributed by atoms with Crippen LogP contribution >= 0.6 is 15.9 Å². The lowest BCUT2D eigenvalue weighted by Crippen LogP contribution is -2.22. The number of carbonyl (C=O) groups excluding carboxylic acids is 1. The fourth-order valence-electron chi connectivity index (χ4n) is 3.29. The van der Waals surface area contributed by atoms with Gasteiger partial charge in [0.25, 0.3) is 5.56 Å².